The van der Waals surface area contributed by atoms with Crippen LogP contribution in [0, 0.1) is 5.82 Å². The Morgan fingerprint density at radius 1 is 1.09 bits per heavy atom. The van der Waals surface area contributed by atoms with Crippen molar-refractivity contribution in [2.75, 3.05) is 50.8 Å². The smallest absolute Gasteiger partial charge is 0.250 e. The molecule has 2 aromatic rings. The molecule has 0 radical (unpaired) electrons. The first-order valence-electron chi connectivity index (χ1n) is 10.8. The van der Waals surface area contributed by atoms with Gasteiger partial charge in [0, 0.05) is 38.3 Å². The van der Waals surface area contributed by atoms with Gasteiger partial charge in [0.25, 0.3) is 5.91 Å². The minimum Gasteiger partial charge on any atom is -0.488 e. The van der Waals surface area contributed by atoms with Crippen molar-refractivity contribution in [3.63, 3.8) is 0 Å². The molecule has 0 bridgehead atoms. The summed E-state index contributed by atoms with van der Waals surface area (Å²) in [4.78, 5) is 17.1. The molecule has 2 aliphatic heterocycles. The molecule has 1 N–H and O–H groups in total. The lowest BCUT2D eigenvalue weighted by Crippen LogP contribution is -2.46. The van der Waals surface area contributed by atoms with Gasteiger partial charge in [0.15, 0.2) is 0 Å². The van der Waals surface area contributed by atoms with Crippen molar-refractivity contribution in [2.45, 2.75) is 12.8 Å². The number of anilines is 1. The Morgan fingerprint density at radius 3 is 2.72 bits per heavy atom. The van der Waals surface area contributed by atoms with Gasteiger partial charge in [-0.25, -0.2) is 4.39 Å². The quantitative estimate of drug-likeness (QED) is 0.590. The van der Waals surface area contributed by atoms with E-state index in [0.29, 0.717) is 33.5 Å². The summed E-state index contributed by atoms with van der Waals surface area (Å²) >= 11 is 12.5. The minimum atomic E-state index is -0.346. The largest absolute Gasteiger partial charge is 0.488 e. The molecule has 0 saturated carbocycles. The summed E-state index contributed by atoms with van der Waals surface area (Å²) in [6.07, 6.45) is 3.59. The molecule has 170 valence electrons. The summed E-state index contributed by atoms with van der Waals surface area (Å²) in [5.41, 5.74) is 2.10. The average molecular weight is 478 g/mol. The Bertz CT molecular complexity index is 1010. The lowest BCUT2D eigenvalue weighted by Gasteiger charge is -2.36. The molecule has 0 unspecified atom stereocenters. The molecule has 0 aliphatic carbocycles. The molecule has 0 atom stereocenters. The van der Waals surface area contributed by atoms with Gasteiger partial charge in [0.1, 0.15) is 18.2 Å². The van der Waals surface area contributed by atoms with Gasteiger partial charge in [0.05, 0.1) is 21.3 Å². The van der Waals surface area contributed by atoms with E-state index in [1.165, 1.54) is 12.1 Å². The van der Waals surface area contributed by atoms with Crippen LogP contribution in [-0.4, -0.2) is 56.7 Å². The summed E-state index contributed by atoms with van der Waals surface area (Å²) < 4.78 is 19.0. The molecule has 1 fully saturated rings. The normalized spacial score (nSPS) is 16.2. The van der Waals surface area contributed by atoms with E-state index in [-0.39, 0.29) is 18.3 Å². The summed E-state index contributed by atoms with van der Waals surface area (Å²) in [5, 5.41) is 4.14. The third-order valence-corrected chi connectivity index (χ3v) is 6.62. The van der Waals surface area contributed by atoms with E-state index in [1.807, 2.05) is 12.1 Å². The fraction of sp³-hybridized carbons (Fsp3) is 0.375. The van der Waals surface area contributed by atoms with Crippen LogP contribution in [0.3, 0.4) is 0 Å². The zero-order chi connectivity index (χ0) is 22.5. The molecule has 0 aromatic heterocycles. The maximum absolute atomic E-state index is 13.4. The van der Waals surface area contributed by atoms with Crippen molar-refractivity contribution in [1.29, 1.82) is 0 Å². The van der Waals surface area contributed by atoms with E-state index in [4.69, 9.17) is 27.9 Å². The van der Waals surface area contributed by atoms with E-state index in [9.17, 15) is 9.18 Å². The van der Waals surface area contributed by atoms with Gasteiger partial charge in [0.2, 0.25) is 0 Å². The lowest BCUT2D eigenvalue weighted by molar-refractivity contribution is -0.117. The number of hydrogen-bond donors (Lipinski definition) is 1. The molecule has 4 rings (SSSR count). The zero-order valence-corrected chi connectivity index (χ0v) is 19.3. The first-order valence-corrected chi connectivity index (χ1v) is 11.6. The van der Waals surface area contributed by atoms with E-state index in [1.54, 1.807) is 18.2 Å². The Hall–Kier alpha value is -2.28. The van der Waals surface area contributed by atoms with Crippen LogP contribution in [0.5, 0.6) is 5.75 Å². The van der Waals surface area contributed by atoms with Crippen molar-refractivity contribution in [3.8, 4) is 5.75 Å². The molecule has 2 aromatic carbocycles. The van der Waals surface area contributed by atoms with E-state index in [0.717, 1.165) is 51.3 Å². The predicted molar refractivity (Wildman–Crippen MR) is 127 cm³/mol. The number of halogens is 3. The molecule has 32 heavy (non-hydrogen) atoms. The topological polar surface area (TPSA) is 44.8 Å². The molecule has 5 nitrogen and oxygen atoms in total. The second kappa shape index (κ2) is 10.6. The number of nitrogens with zero attached hydrogens (tertiary/aromatic N) is 2. The number of amides is 1. The second-order valence-electron chi connectivity index (χ2n) is 8.01. The third kappa shape index (κ3) is 5.55. The molecule has 2 heterocycles. The van der Waals surface area contributed by atoms with Crippen LogP contribution in [-0.2, 0) is 4.79 Å². The van der Waals surface area contributed by atoms with Crippen molar-refractivity contribution in [3.05, 3.63) is 63.4 Å². The summed E-state index contributed by atoms with van der Waals surface area (Å²) in [6.45, 7) is 5.55. The maximum Gasteiger partial charge on any atom is 0.250 e. The molecule has 8 heteroatoms. The van der Waals surface area contributed by atoms with Gasteiger partial charge in [-0.05, 0) is 55.8 Å². The van der Waals surface area contributed by atoms with Gasteiger partial charge < -0.3 is 15.0 Å². The number of piperazine rings is 1. The van der Waals surface area contributed by atoms with Crippen molar-refractivity contribution < 1.29 is 13.9 Å². The Morgan fingerprint density at radius 2 is 1.91 bits per heavy atom. The van der Waals surface area contributed by atoms with Crippen LogP contribution in [0.15, 0.2) is 42.0 Å². The molecule has 0 spiro atoms. The predicted octanol–water partition coefficient (Wildman–Crippen LogP) is 4.63. The number of unbranched alkanes of at least 4 members (excludes halogenated alkanes) is 1. The second-order valence-corrected chi connectivity index (χ2v) is 8.79. The first-order chi connectivity index (χ1) is 15.5. The number of carbonyl (C=O) groups excluding carboxylic acids is 1. The van der Waals surface area contributed by atoms with Crippen LogP contribution in [0.4, 0.5) is 10.1 Å². The van der Waals surface area contributed by atoms with Gasteiger partial charge in [-0.1, -0.05) is 29.3 Å². The zero-order valence-electron chi connectivity index (χ0n) is 17.8. The third-order valence-electron chi connectivity index (χ3n) is 5.81. The Labute approximate surface area is 197 Å². The van der Waals surface area contributed by atoms with Gasteiger partial charge >= 0.3 is 0 Å². The van der Waals surface area contributed by atoms with Crippen LogP contribution in [0.25, 0.3) is 6.08 Å². The van der Waals surface area contributed by atoms with Crippen LogP contribution < -0.4 is 15.0 Å². The number of hydrogen-bond acceptors (Lipinski definition) is 4. The van der Waals surface area contributed by atoms with Gasteiger partial charge in [-0.15, -0.1) is 0 Å². The summed E-state index contributed by atoms with van der Waals surface area (Å²) in [5.74, 6) is 0.0920. The number of nitrogens with one attached hydrogen (secondary N) is 1. The summed E-state index contributed by atoms with van der Waals surface area (Å²) in [7, 11) is 0. The number of carbonyl (C=O) groups is 1. The number of ether oxygens (including phenoxy) is 1. The highest BCUT2D eigenvalue weighted by Gasteiger charge is 2.20. The number of fused-ring (bicyclic) bond motifs is 1. The van der Waals surface area contributed by atoms with E-state index in [2.05, 4.69) is 15.1 Å². The highest BCUT2D eigenvalue weighted by molar-refractivity contribution is 6.43. The standard InChI is InChI=1S/C24H26Cl2FN3O2/c25-20-4-3-5-21(23(20)26)30-12-10-29(11-13-30)9-2-1-8-28-24(31)18-14-17-15-19(27)6-7-22(17)32-16-18/h3-7,14-15H,1-2,8-13,16H2,(H,28,31). The highest BCUT2D eigenvalue weighted by atomic mass is 35.5. The number of benzene rings is 2. The fourth-order valence-corrected chi connectivity index (χ4v) is 4.42. The monoisotopic (exact) mass is 477 g/mol. The maximum atomic E-state index is 13.4. The van der Waals surface area contributed by atoms with E-state index >= 15 is 0 Å². The first kappa shape index (κ1) is 22.9. The molecule has 2 aliphatic rings. The molecule has 1 saturated heterocycles. The number of rotatable bonds is 7. The fourth-order valence-electron chi connectivity index (χ4n) is 4.00. The molecular weight excluding hydrogens is 452 g/mol. The van der Waals surface area contributed by atoms with Crippen molar-refractivity contribution in [1.82, 2.24) is 10.2 Å². The Kier molecular flexibility index (Phi) is 7.55. The lowest BCUT2D eigenvalue weighted by atomic mass is 10.1. The van der Waals surface area contributed by atoms with Crippen molar-refractivity contribution in [2.24, 2.45) is 0 Å². The van der Waals surface area contributed by atoms with Crippen LogP contribution in [0.2, 0.25) is 10.0 Å². The molecular formula is C24H26Cl2FN3O2. The Balaban J connectivity index is 1.15. The van der Waals surface area contributed by atoms with Crippen LogP contribution in [0.1, 0.15) is 18.4 Å². The van der Waals surface area contributed by atoms with E-state index < -0.39 is 0 Å². The van der Waals surface area contributed by atoms with Crippen LogP contribution >= 0.6 is 23.2 Å². The van der Waals surface area contributed by atoms with Crippen molar-refractivity contribution >= 4 is 40.9 Å². The minimum absolute atomic E-state index is 0.160. The molecule has 1 amide bonds. The van der Waals surface area contributed by atoms with Gasteiger partial charge in [-0.3, -0.25) is 9.69 Å². The highest BCUT2D eigenvalue weighted by Crippen LogP contribution is 2.33. The average Bonchev–Trinajstić information content (AvgIpc) is 2.80. The van der Waals surface area contributed by atoms with Gasteiger partial charge in [-0.2, -0.15) is 0 Å². The summed E-state index contributed by atoms with van der Waals surface area (Å²) in [6, 6.07) is 10.1. The SMILES string of the molecule is O=C(NCCCCN1CCN(c2cccc(Cl)c2Cl)CC1)C1=Cc2cc(F)ccc2OC1.